The molecule has 20 heavy (non-hydrogen) atoms. The Morgan fingerprint density at radius 3 is 2.75 bits per heavy atom. The average Bonchev–Trinajstić information content (AvgIpc) is 3.28. The molecule has 2 unspecified atom stereocenters. The second kappa shape index (κ2) is 6.73. The molecule has 3 rings (SSSR count). The van der Waals surface area contributed by atoms with Crippen molar-refractivity contribution in [2.45, 2.75) is 51.1 Å². The number of rotatable bonds is 6. The second-order valence-corrected chi connectivity index (χ2v) is 6.72. The Balaban J connectivity index is 1.47. The van der Waals surface area contributed by atoms with Gasteiger partial charge in [-0.1, -0.05) is 43.2 Å². The van der Waals surface area contributed by atoms with Gasteiger partial charge in [-0.25, -0.2) is 0 Å². The first kappa shape index (κ1) is 14.1. The summed E-state index contributed by atoms with van der Waals surface area (Å²) < 4.78 is 0. The Morgan fingerprint density at radius 1 is 1.20 bits per heavy atom. The molecule has 1 saturated carbocycles. The highest BCUT2D eigenvalue weighted by molar-refractivity contribution is 5.16. The van der Waals surface area contributed by atoms with Gasteiger partial charge < -0.3 is 5.32 Å². The summed E-state index contributed by atoms with van der Waals surface area (Å²) in [6.45, 7) is 6.01. The summed E-state index contributed by atoms with van der Waals surface area (Å²) in [4.78, 5) is 2.70. The minimum atomic E-state index is 0.620. The molecule has 2 heteroatoms. The SMILES string of the molecule is CC1CNC(Cc2ccccc2)CN1CCCC1CC1. The van der Waals surface area contributed by atoms with Crippen LogP contribution in [0.4, 0.5) is 0 Å². The van der Waals surface area contributed by atoms with Gasteiger partial charge in [-0.2, -0.15) is 0 Å². The number of nitrogens with one attached hydrogen (secondary N) is 1. The highest BCUT2D eigenvalue weighted by atomic mass is 15.2. The van der Waals surface area contributed by atoms with Gasteiger partial charge in [-0.05, 0) is 44.2 Å². The molecule has 0 aromatic heterocycles. The van der Waals surface area contributed by atoms with Crippen LogP contribution in [0.2, 0.25) is 0 Å². The lowest BCUT2D eigenvalue weighted by molar-refractivity contribution is 0.137. The Hall–Kier alpha value is -0.860. The molecule has 1 aromatic carbocycles. The van der Waals surface area contributed by atoms with Crippen molar-refractivity contribution in [3.8, 4) is 0 Å². The van der Waals surface area contributed by atoms with Gasteiger partial charge >= 0.3 is 0 Å². The molecule has 0 bridgehead atoms. The van der Waals surface area contributed by atoms with Crippen molar-refractivity contribution < 1.29 is 0 Å². The van der Waals surface area contributed by atoms with Gasteiger partial charge in [0.2, 0.25) is 0 Å². The third-order valence-electron chi connectivity index (χ3n) is 4.86. The normalized spacial score (nSPS) is 27.6. The van der Waals surface area contributed by atoms with E-state index in [2.05, 4.69) is 47.5 Å². The Morgan fingerprint density at radius 2 is 2.00 bits per heavy atom. The molecule has 1 heterocycles. The van der Waals surface area contributed by atoms with Gasteiger partial charge in [0.15, 0.2) is 0 Å². The van der Waals surface area contributed by atoms with Gasteiger partial charge in [0.25, 0.3) is 0 Å². The minimum Gasteiger partial charge on any atom is -0.311 e. The molecule has 1 N–H and O–H groups in total. The maximum absolute atomic E-state index is 3.72. The molecular formula is C18H28N2. The van der Waals surface area contributed by atoms with Gasteiger partial charge in [-0.15, -0.1) is 0 Å². The van der Waals surface area contributed by atoms with Crippen molar-refractivity contribution in [2.75, 3.05) is 19.6 Å². The van der Waals surface area contributed by atoms with E-state index < -0.39 is 0 Å². The van der Waals surface area contributed by atoms with E-state index in [0.29, 0.717) is 12.1 Å². The van der Waals surface area contributed by atoms with Gasteiger partial charge in [0.05, 0.1) is 0 Å². The van der Waals surface area contributed by atoms with Gasteiger partial charge in [0, 0.05) is 25.2 Å². The summed E-state index contributed by atoms with van der Waals surface area (Å²) in [6, 6.07) is 12.2. The molecule has 2 aliphatic rings. The summed E-state index contributed by atoms with van der Waals surface area (Å²) >= 11 is 0. The van der Waals surface area contributed by atoms with E-state index in [-0.39, 0.29) is 0 Å². The van der Waals surface area contributed by atoms with Crippen LogP contribution in [-0.2, 0) is 6.42 Å². The first-order valence-corrected chi connectivity index (χ1v) is 8.32. The number of benzene rings is 1. The Kier molecular flexibility index (Phi) is 4.74. The summed E-state index contributed by atoms with van der Waals surface area (Å²) in [5, 5.41) is 3.72. The van der Waals surface area contributed by atoms with Crippen molar-refractivity contribution in [1.29, 1.82) is 0 Å². The van der Waals surface area contributed by atoms with E-state index in [0.717, 1.165) is 18.9 Å². The topological polar surface area (TPSA) is 15.3 Å². The lowest BCUT2D eigenvalue weighted by Crippen LogP contribution is -2.56. The predicted molar refractivity (Wildman–Crippen MR) is 84.9 cm³/mol. The van der Waals surface area contributed by atoms with E-state index >= 15 is 0 Å². The predicted octanol–water partition coefficient (Wildman–Crippen LogP) is 3.08. The Labute approximate surface area is 123 Å². The van der Waals surface area contributed by atoms with E-state index in [1.165, 1.54) is 44.3 Å². The van der Waals surface area contributed by atoms with Crippen LogP contribution in [0.1, 0.15) is 38.2 Å². The molecule has 2 fully saturated rings. The van der Waals surface area contributed by atoms with Crippen LogP contribution >= 0.6 is 0 Å². The van der Waals surface area contributed by atoms with Crippen molar-refractivity contribution in [3.63, 3.8) is 0 Å². The van der Waals surface area contributed by atoms with Crippen molar-refractivity contribution in [1.82, 2.24) is 10.2 Å². The fourth-order valence-electron chi connectivity index (χ4n) is 3.33. The van der Waals surface area contributed by atoms with Crippen LogP contribution < -0.4 is 5.32 Å². The maximum atomic E-state index is 3.72. The highest BCUT2D eigenvalue weighted by Gasteiger charge is 2.26. The Bertz CT molecular complexity index is 399. The van der Waals surface area contributed by atoms with Gasteiger partial charge in [0.1, 0.15) is 0 Å². The van der Waals surface area contributed by atoms with Crippen LogP contribution in [0.25, 0.3) is 0 Å². The van der Waals surface area contributed by atoms with Gasteiger partial charge in [-0.3, -0.25) is 4.90 Å². The fourth-order valence-corrected chi connectivity index (χ4v) is 3.33. The number of nitrogens with zero attached hydrogens (tertiary/aromatic N) is 1. The molecule has 1 aliphatic heterocycles. The third-order valence-corrected chi connectivity index (χ3v) is 4.86. The smallest absolute Gasteiger partial charge is 0.0236 e. The number of piperazine rings is 1. The summed E-state index contributed by atoms with van der Waals surface area (Å²) in [5.41, 5.74) is 1.46. The number of hydrogen-bond donors (Lipinski definition) is 1. The largest absolute Gasteiger partial charge is 0.311 e. The van der Waals surface area contributed by atoms with Crippen molar-refractivity contribution in [2.24, 2.45) is 5.92 Å². The second-order valence-electron chi connectivity index (χ2n) is 6.72. The lowest BCUT2D eigenvalue weighted by Gasteiger charge is -2.39. The van der Waals surface area contributed by atoms with E-state index in [9.17, 15) is 0 Å². The molecule has 1 saturated heterocycles. The third kappa shape index (κ3) is 4.07. The first-order chi connectivity index (χ1) is 9.81. The zero-order chi connectivity index (χ0) is 13.8. The van der Waals surface area contributed by atoms with Crippen LogP contribution in [0.3, 0.4) is 0 Å². The van der Waals surface area contributed by atoms with Crippen LogP contribution in [0.15, 0.2) is 30.3 Å². The zero-order valence-corrected chi connectivity index (χ0v) is 12.7. The van der Waals surface area contributed by atoms with Crippen molar-refractivity contribution >= 4 is 0 Å². The highest BCUT2D eigenvalue weighted by Crippen LogP contribution is 2.33. The monoisotopic (exact) mass is 272 g/mol. The van der Waals surface area contributed by atoms with Crippen molar-refractivity contribution in [3.05, 3.63) is 35.9 Å². The lowest BCUT2D eigenvalue weighted by atomic mass is 10.0. The first-order valence-electron chi connectivity index (χ1n) is 8.32. The van der Waals surface area contributed by atoms with E-state index in [1.807, 2.05) is 0 Å². The van der Waals surface area contributed by atoms with Crippen LogP contribution in [0, 0.1) is 5.92 Å². The molecule has 110 valence electrons. The van der Waals surface area contributed by atoms with Crippen LogP contribution in [-0.4, -0.2) is 36.6 Å². The molecular weight excluding hydrogens is 244 g/mol. The molecule has 2 atom stereocenters. The van der Waals surface area contributed by atoms with Crippen LogP contribution in [0.5, 0.6) is 0 Å². The minimum absolute atomic E-state index is 0.620. The number of hydrogen-bond acceptors (Lipinski definition) is 2. The summed E-state index contributed by atoms with van der Waals surface area (Å²) in [7, 11) is 0. The summed E-state index contributed by atoms with van der Waals surface area (Å²) in [5.74, 6) is 1.08. The zero-order valence-electron chi connectivity index (χ0n) is 12.7. The molecule has 0 radical (unpaired) electrons. The molecule has 0 amide bonds. The molecule has 2 nitrogen and oxygen atoms in total. The van der Waals surface area contributed by atoms with E-state index in [1.54, 1.807) is 0 Å². The average molecular weight is 272 g/mol. The quantitative estimate of drug-likeness (QED) is 0.856. The maximum Gasteiger partial charge on any atom is 0.0236 e. The fraction of sp³-hybridized carbons (Fsp3) is 0.667. The molecule has 0 spiro atoms. The summed E-state index contributed by atoms with van der Waals surface area (Å²) in [6.07, 6.45) is 7.00. The van der Waals surface area contributed by atoms with E-state index in [4.69, 9.17) is 0 Å². The molecule has 1 aliphatic carbocycles. The molecule has 1 aromatic rings. The standard InChI is InChI=1S/C18H28N2/c1-15-13-19-18(12-17-6-3-2-4-7-17)14-20(15)11-5-8-16-9-10-16/h2-4,6-7,15-16,18-19H,5,8-14H2,1H3.